The standard InChI is InChI=1S/C23H33N5O3.HI/c1-2-25-23(26-15-18-8-6-9-19(14-18)31-17-22(24)29)27-16-20(21-10-7-13-30-21)28-11-4-3-5-12-28;/h6-10,13-14,20H,2-5,11-12,15-17H2,1H3,(H2,24,29)(H2,25,26,27);1H. The van der Waals surface area contributed by atoms with Crippen LogP contribution < -0.4 is 21.1 Å². The Labute approximate surface area is 207 Å². The number of nitrogens with zero attached hydrogens (tertiary/aromatic N) is 2. The van der Waals surface area contributed by atoms with Crippen molar-refractivity contribution in [2.24, 2.45) is 10.7 Å². The number of ether oxygens (including phenoxy) is 1. The summed E-state index contributed by atoms with van der Waals surface area (Å²) in [5.41, 5.74) is 6.13. The SMILES string of the molecule is CCNC(=NCc1cccc(OCC(N)=O)c1)NCC(c1ccco1)N1CCCCC1.I. The lowest BCUT2D eigenvalue weighted by atomic mass is 10.1. The van der Waals surface area contributed by atoms with Crippen LogP contribution in [0.2, 0.25) is 0 Å². The third-order valence-electron chi connectivity index (χ3n) is 5.21. The van der Waals surface area contributed by atoms with Gasteiger partial charge >= 0.3 is 0 Å². The number of rotatable bonds is 10. The molecule has 1 fully saturated rings. The minimum Gasteiger partial charge on any atom is -0.484 e. The van der Waals surface area contributed by atoms with Gasteiger partial charge in [-0.15, -0.1) is 24.0 Å². The molecule has 1 aliphatic heterocycles. The Morgan fingerprint density at radius 2 is 2.03 bits per heavy atom. The zero-order chi connectivity index (χ0) is 21.9. The van der Waals surface area contributed by atoms with E-state index in [0.29, 0.717) is 18.8 Å². The van der Waals surface area contributed by atoms with Crippen molar-refractivity contribution in [1.82, 2.24) is 15.5 Å². The summed E-state index contributed by atoms with van der Waals surface area (Å²) in [7, 11) is 0. The summed E-state index contributed by atoms with van der Waals surface area (Å²) < 4.78 is 11.1. The highest BCUT2D eigenvalue weighted by Crippen LogP contribution is 2.24. The van der Waals surface area contributed by atoms with Gasteiger partial charge in [0.15, 0.2) is 12.6 Å². The van der Waals surface area contributed by atoms with E-state index in [1.54, 1.807) is 12.3 Å². The third-order valence-corrected chi connectivity index (χ3v) is 5.21. The van der Waals surface area contributed by atoms with E-state index in [2.05, 4.69) is 15.5 Å². The molecule has 1 aliphatic rings. The van der Waals surface area contributed by atoms with Gasteiger partial charge in [-0.05, 0) is 62.7 Å². The molecule has 176 valence electrons. The molecule has 0 radical (unpaired) electrons. The topological polar surface area (TPSA) is 105 Å². The number of carbonyl (C=O) groups is 1. The monoisotopic (exact) mass is 555 g/mol. The number of aliphatic imine (C=N–C) groups is 1. The lowest BCUT2D eigenvalue weighted by molar-refractivity contribution is -0.119. The van der Waals surface area contributed by atoms with Crippen LogP contribution >= 0.6 is 24.0 Å². The average molecular weight is 555 g/mol. The fraction of sp³-hybridized carbons (Fsp3) is 0.478. The van der Waals surface area contributed by atoms with Gasteiger partial charge in [0.25, 0.3) is 5.91 Å². The maximum absolute atomic E-state index is 10.9. The second-order valence-electron chi connectivity index (χ2n) is 7.61. The van der Waals surface area contributed by atoms with Gasteiger partial charge in [-0.2, -0.15) is 0 Å². The minimum absolute atomic E-state index is 0. The molecule has 0 saturated carbocycles. The number of primary amides is 1. The molecule has 1 saturated heterocycles. The first-order chi connectivity index (χ1) is 15.2. The quantitative estimate of drug-likeness (QED) is 0.237. The summed E-state index contributed by atoms with van der Waals surface area (Å²) in [4.78, 5) is 18.1. The predicted octanol–water partition coefficient (Wildman–Crippen LogP) is 3.04. The van der Waals surface area contributed by atoms with Gasteiger partial charge in [-0.1, -0.05) is 18.6 Å². The molecule has 1 amide bonds. The number of likely N-dealkylation sites (tertiary alicyclic amines) is 1. The molecule has 0 aliphatic carbocycles. The molecule has 1 atom stereocenters. The molecule has 4 N–H and O–H groups in total. The lowest BCUT2D eigenvalue weighted by Gasteiger charge is -2.33. The van der Waals surface area contributed by atoms with E-state index in [0.717, 1.165) is 36.9 Å². The Kier molecular flexibility index (Phi) is 11.4. The van der Waals surface area contributed by atoms with Crippen LogP contribution in [0.5, 0.6) is 5.75 Å². The number of guanidine groups is 1. The van der Waals surface area contributed by atoms with Crippen molar-refractivity contribution in [2.75, 3.05) is 32.8 Å². The van der Waals surface area contributed by atoms with Gasteiger partial charge in [0.05, 0.1) is 18.8 Å². The number of piperidine rings is 1. The molecule has 32 heavy (non-hydrogen) atoms. The van der Waals surface area contributed by atoms with Crippen molar-refractivity contribution in [1.29, 1.82) is 0 Å². The zero-order valence-corrected chi connectivity index (χ0v) is 20.9. The lowest BCUT2D eigenvalue weighted by Crippen LogP contribution is -2.44. The summed E-state index contributed by atoms with van der Waals surface area (Å²) in [6, 6.07) is 11.7. The normalized spacial score (nSPS) is 15.5. The second-order valence-corrected chi connectivity index (χ2v) is 7.61. The average Bonchev–Trinajstić information content (AvgIpc) is 3.32. The number of carbonyl (C=O) groups excluding carboxylic acids is 1. The number of halogens is 1. The number of nitrogens with one attached hydrogen (secondary N) is 2. The Hall–Kier alpha value is -2.27. The van der Waals surface area contributed by atoms with E-state index in [9.17, 15) is 4.79 Å². The minimum atomic E-state index is -0.498. The van der Waals surface area contributed by atoms with Crippen LogP contribution in [0.3, 0.4) is 0 Å². The zero-order valence-electron chi connectivity index (χ0n) is 18.6. The fourth-order valence-corrected chi connectivity index (χ4v) is 3.71. The number of hydrogen-bond acceptors (Lipinski definition) is 5. The van der Waals surface area contributed by atoms with Crippen molar-refractivity contribution in [3.05, 3.63) is 54.0 Å². The van der Waals surface area contributed by atoms with Crippen LogP contribution in [0.25, 0.3) is 0 Å². The molecule has 3 rings (SSSR count). The number of nitrogens with two attached hydrogens (primary N) is 1. The van der Waals surface area contributed by atoms with Crippen LogP contribution in [-0.2, 0) is 11.3 Å². The first-order valence-corrected chi connectivity index (χ1v) is 11.0. The highest BCUT2D eigenvalue weighted by atomic mass is 127. The van der Waals surface area contributed by atoms with Gasteiger partial charge in [0.2, 0.25) is 0 Å². The van der Waals surface area contributed by atoms with E-state index in [4.69, 9.17) is 19.9 Å². The summed E-state index contributed by atoms with van der Waals surface area (Å²) in [5, 5.41) is 6.78. The summed E-state index contributed by atoms with van der Waals surface area (Å²) in [5.74, 6) is 1.83. The molecule has 9 heteroatoms. The first kappa shape index (κ1) is 26.0. The van der Waals surface area contributed by atoms with E-state index >= 15 is 0 Å². The van der Waals surface area contributed by atoms with E-state index < -0.39 is 5.91 Å². The summed E-state index contributed by atoms with van der Waals surface area (Å²) in [6.45, 7) is 6.03. The number of amides is 1. The largest absolute Gasteiger partial charge is 0.484 e. The second kappa shape index (κ2) is 14.0. The van der Waals surface area contributed by atoms with Gasteiger partial charge in [-0.3, -0.25) is 9.69 Å². The maximum atomic E-state index is 10.9. The molecule has 2 heterocycles. The van der Waals surface area contributed by atoms with Gasteiger partial charge in [0, 0.05) is 13.1 Å². The first-order valence-electron chi connectivity index (χ1n) is 11.0. The van der Waals surface area contributed by atoms with E-state index in [1.165, 1.54) is 19.3 Å². The van der Waals surface area contributed by atoms with Crippen molar-refractivity contribution in [2.45, 2.75) is 38.8 Å². The number of furan rings is 1. The maximum Gasteiger partial charge on any atom is 0.255 e. The van der Waals surface area contributed by atoms with Crippen molar-refractivity contribution < 1.29 is 13.9 Å². The van der Waals surface area contributed by atoms with Crippen molar-refractivity contribution in [3.63, 3.8) is 0 Å². The molecule has 1 unspecified atom stereocenters. The van der Waals surface area contributed by atoms with Crippen LogP contribution in [-0.4, -0.2) is 49.6 Å². The number of hydrogen-bond donors (Lipinski definition) is 3. The molecule has 1 aromatic heterocycles. The number of benzene rings is 1. The van der Waals surface area contributed by atoms with Gasteiger partial charge < -0.3 is 25.5 Å². The molecule has 0 spiro atoms. The van der Waals surface area contributed by atoms with Crippen LogP contribution in [0.1, 0.15) is 43.6 Å². The Morgan fingerprint density at radius 3 is 2.72 bits per heavy atom. The highest BCUT2D eigenvalue weighted by molar-refractivity contribution is 14.0. The molecule has 0 bridgehead atoms. The van der Waals surface area contributed by atoms with Gasteiger partial charge in [-0.25, -0.2) is 4.99 Å². The third kappa shape index (κ3) is 8.34. The molecular formula is C23H34IN5O3. The highest BCUT2D eigenvalue weighted by Gasteiger charge is 2.24. The predicted molar refractivity (Wildman–Crippen MR) is 136 cm³/mol. The Morgan fingerprint density at radius 1 is 1.22 bits per heavy atom. The molecular weight excluding hydrogens is 521 g/mol. The smallest absolute Gasteiger partial charge is 0.255 e. The van der Waals surface area contributed by atoms with E-state index in [1.807, 2.05) is 37.3 Å². The van der Waals surface area contributed by atoms with Crippen LogP contribution in [0.15, 0.2) is 52.1 Å². The van der Waals surface area contributed by atoms with Crippen molar-refractivity contribution in [3.8, 4) is 5.75 Å². The molecule has 8 nitrogen and oxygen atoms in total. The fourth-order valence-electron chi connectivity index (χ4n) is 3.71. The van der Waals surface area contributed by atoms with Crippen LogP contribution in [0, 0.1) is 0 Å². The summed E-state index contributed by atoms with van der Waals surface area (Å²) >= 11 is 0. The van der Waals surface area contributed by atoms with Gasteiger partial charge in [0.1, 0.15) is 11.5 Å². The summed E-state index contributed by atoms with van der Waals surface area (Å²) in [6.07, 6.45) is 5.47. The van der Waals surface area contributed by atoms with E-state index in [-0.39, 0.29) is 36.6 Å². The molecule has 2 aromatic rings. The Bertz CT molecular complexity index is 838. The Balaban J connectivity index is 0.00000363. The van der Waals surface area contributed by atoms with Crippen molar-refractivity contribution >= 4 is 35.8 Å². The van der Waals surface area contributed by atoms with Crippen LogP contribution in [0.4, 0.5) is 0 Å². The molecule has 1 aromatic carbocycles.